The first-order valence-electron chi connectivity index (χ1n) is 17.3. The van der Waals surface area contributed by atoms with Crippen molar-refractivity contribution >= 4 is 52.8 Å². The summed E-state index contributed by atoms with van der Waals surface area (Å²) in [6.07, 6.45) is 3.23. The Bertz CT molecular complexity index is 1760. The number of nitrogens with zero attached hydrogens (tertiary/aromatic N) is 3. The van der Waals surface area contributed by atoms with Crippen molar-refractivity contribution in [2.45, 2.75) is 71.1 Å². The molecule has 5 rings (SSSR count). The van der Waals surface area contributed by atoms with Gasteiger partial charge in [-0.25, -0.2) is 9.59 Å². The molecular weight excluding hydrogens is 731 g/mol. The second-order valence-corrected chi connectivity index (χ2v) is 15.4. The van der Waals surface area contributed by atoms with Crippen LogP contribution in [0.3, 0.4) is 0 Å². The smallest absolute Gasteiger partial charge is 0.410 e. The first-order valence-corrected chi connectivity index (χ1v) is 18.4. The Labute approximate surface area is 319 Å². The SMILES string of the molecule is COCCNC(=O)c1cc(C(=O)Oc2c(Cl)cc(Cl)cc2Cl)c(C)cc1O[C@H](CN1CCN(C(=O)OC(C)(C)C)[C@H](C)C1)c1ccc(C2CC2)cn1. The van der Waals surface area contributed by atoms with Crippen molar-refractivity contribution in [1.29, 1.82) is 0 Å². The number of aromatic nitrogens is 1. The van der Waals surface area contributed by atoms with E-state index in [1.165, 1.54) is 30.9 Å². The lowest BCUT2D eigenvalue weighted by atomic mass is 10.0. The van der Waals surface area contributed by atoms with Gasteiger partial charge in [0.2, 0.25) is 0 Å². The number of hydrogen-bond donors (Lipinski definition) is 1. The first kappa shape index (κ1) is 39.6. The van der Waals surface area contributed by atoms with E-state index in [1.807, 2.05) is 40.0 Å². The first-order chi connectivity index (χ1) is 24.6. The minimum absolute atomic E-state index is 0.0506. The van der Waals surface area contributed by atoms with E-state index in [4.69, 9.17) is 58.7 Å². The Kier molecular flexibility index (Phi) is 13.0. The van der Waals surface area contributed by atoms with Crippen molar-refractivity contribution in [3.05, 3.63) is 85.6 Å². The number of carbonyl (C=O) groups is 3. The summed E-state index contributed by atoms with van der Waals surface area (Å²) in [7, 11) is 1.54. The molecule has 2 aromatic carbocycles. The summed E-state index contributed by atoms with van der Waals surface area (Å²) in [5.74, 6) is -0.515. The second-order valence-electron chi connectivity index (χ2n) is 14.2. The van der Waals surface area contributed by atoms with Gasteiger partial charge in [-0.2, -0.15) is 0 Å². The van der Waals surface area contributed by atoms with E-state index in [0.717, 1.165) is 12.8 Å². The maximum atomic E-state index is 13.7. The molecule has 1 aromatic heterocycles. The summed E-state index contributed by atoms with van der Waals surface area (Å²) in [5, 5.41) is 3.24. The van der Waals surface area contributed by atoms with E-state index in [0.29, 0.717) is 43.4 Å². The molecule has 2 heterocycles. The van der Waals surface area contributed by atoms with Crippen molar-refractivity contribution in [2.75, 3.05) is 46.4 Å². The van der Waals surface area contributed by atoms with Gasteiger partial charge in [0, 0.05) is 57.1 Å². The Morgan fingerprint density at radius 2 is 1.73 bits per heavy atom. The maximum Gasteiger partial charge on any atom is 0.410 e. The fraction of sp³-hybridized carbons (Fsp3) is 0.474. The molecule has 3 aromatic rings. The Hall–Kier alpha value is -3.61. The molecule has 52 heavy (non-hydrogen) atoms. The molecule has 11 nitrogen and oxygen atoms in total. The largest absolute Gasteiger partial charge is 0.482 e. The zero-order valence-electron chi connectivity index (χ0n) is 30.3. The van der Waals surface area contributed by atoms with E-state index in [1.54, 1.807) is 17.9 Å². The van der Waals surface area contributed by atoms with Crippen LogP contribution in [0.25, 0.3) is 0 Å². The van der Waals surface area contributed by atoms with Crippen molar-refractivity contribution in [2.24, 2.45) is 0 Å². The van der Waals surface area contributed by atoms with Crippen LogP contribution in [0.15, 0.2) is 42.6 Å². The Balaban J connectivity index is 1.45. The molecule has 0 radical (unpaired) electrons. The lowest BCUT2D eigenvalue weighted by molar-refractivity contribution is -0.00317. The number of nitrogens with one attached hydrogen (secondary N) is 1. The number of rotatable bonds is 12. The van der Waals surface area contributed by atoms with E-state index in [9.17, 15) is 14.4 Å². The summed E-state index contributed by atoms with van der Waals surface area (Å²) in [6.45, 7) is 11.8. The molecule has 0 bridgehead atoms. The van der Waals surface area contributed by atoms with Crippen LogP contribution in [0.4, 0.5) is 4.79 Å². The predicted molar refractivity (Wildman–Crippen MR) is 200 cm³/mol. The van der Waals surface area contributed by atoms with Crippen LogP contribution in [-0.4, -0.2) is 90.8 Å². The fourth-order valence-corrected chi connectivity index (χ4v) is 6.84. The van der Waals surface area contributed by atoms with Crippen LogP contribution in [0.1, 0.15) is 90.1 Å². The molecule has 0 unspecified atom stereocenters. The van der Waals surface area contributed by atoms with Crippen LogP contribution in [0.2, 0.25) is 15.1 Å². The van der Waals surface area contributed by atoms with E-state index in [-0.39, 0.29) is 63.0 Å². The zero-order valence-corrected chi connectivity index (χ0v) is 32.5. The van der Waals surface area contributed by atoms with Gasteiger partial charge in [0.15, 0.2) is 11.9 Å². The van der Waals surface area contributed by atoms with Crippen molar-refractivity contribution in [3.8, 4) is 11.5 Å². The molecule has 1 saturated carbocycles. The molecule has 1 saturated heterocycles. The molecule has 2 atom stereocenters. The highest BCUT2D eigenvalue weighted by atomic mass is 35.5. The summed E-state index contributed by atoms with van der Waals surface area (Å²) >= 11 is 18.6. The number of pyridine rings is 1. The third-order valence-electron chi connectivity index (χ3n) is 8.76. The molecular formula is C38H45Cl3N4O7. The number of benzene rings is 2. The molecule has 14 heteroatoms. The third-order valence-corrected chi connectivity index (χ3v) is 9.54. The maximum absolute atomic E-state index is 13.7. The van der Waals surface area contributed by atoms with Crippen LogP contribution in [-0.2, 0) is 9.47 Å². The second kappa shape index (κ2) is 17.0. The number of amides is 2. The van der Waals surface area contributed by atoms with Gasteiger partial charge >= 0.3 is 12.1 Å². The standard InChI is InChI=1S/C38H45Cl3N4O7/c1-22-15-32(28(35(46)42-11-14-49-6)18-27(22)36(47)51-34-29(40)16-26(39)17-30(34)41)50-33(31-10-9-25(19-43-31)24-7-8-24)21-44-12-13-45(23(2)20-44)37(48)52-38(3,4)5/h9-10,15-19,23-24,33H,7-8,11-14,20-21H2,1-6H3,(H,42,46)/t23-,33-/m1/s1. The van der Waals surface area contributed by atoms with Crippen LogP contribution < -0.4 is 14.8 Å². The number of hydrogen-bond acceptors (Lipinski definition) is 9. The van der Waals surface area contributed by atoms with Gasteiger partial charge in [-0.1, -0.05) is 40.9 Å². The van der Waals surface area contributed by atoms with Crippen LogP contribution >= 0.6 is 34.8 Å². The van der Waals surface area contributed by atoms with Gasteiger partial charge < -0.3 is 29.2 Å². The van der Waals surface area contributed by atoms with Gasteiger partial charge in [0.25, 0.3) is 5.91 Å². The zero-order chi connectivity index (χ0) is 37.7. The molecule has 1 N–H and O–H groups in total. The number of carbonyl (C=O) groups excluding carboxylic acids is 3. The Morgan fingerprint density at radius 1 is 1.02 bits per heavy atom. The van der Waals surface area contributed by atoms with E-state index >= 15 is 0 Å². The lowest BCUT2D eigenvalue weighted by Gasteiger charge is -2.41. The number of methoxy groups -OCH3 is 1. The lowest BCUT2D eigenvalue weighted by Crippen LogP contribution is -2.55. The number of ether oxygens (including phenoxy) is 4. The monoisotopic (exact) mass is 774 g/mol. The summed E-state index contributed by atoms with van der Waals surface area (Å²) in [4.78, 5) is 48.9. The van der Waals surface area contributed by atoms with E-state index < -0.39 is 23.6 Å². The molecule has 280 valence electrons. The molecule has 1 aliphatic heterocycles. The van der Waals surface area contributed by atoms with Crippen LogP contribution in [0.5, 0.6) is 11.5 Å². The molecule has 1 aliphatic carbocycles. The Morgan fingerprint density at radius 3 is 2.33 bits per heavy atom. The summed E-state index contributed by atoms with van der Waals surface area (Å²) in [5.41, 5.74) is 1.99. The molecule has 2 aliphatic rings. The molecule has 0 spiro atoms. The third kappa shape index (κ3) is 10.3. The van der Waals surface area contributed by atoms with Crippen molar-refractivity contribution in [3.63, 3.8) is 0 Å². The van der Waals surface area contributed by atoms with Crippen LogP contribution in [0, 0.1) is 6.92 Å². The molecule has 2 fully saturated rings. The predicted octanol–water partition coefficient (Wildman–Crippen LogP) is 7.88. The van der Waals surface area contributed by atoms with Gasteiger partial charge in [-0.3, -0.25) is 14.7 Å². The normalized spacial score (nSPS) is 17.0. The van der Waals surface area contributed by atoms with Gasteiger partial charge in [0.1, 0.15) is 11.4 Å². The highest BCUT2D eigenvalue weighted by molar-refractivity contribution is 6.40. The van der Waals surface area contributed by atoms with Gasteiger partial charge in [0.05, 0.1) is 33.5 Å². The summed E-state index contributed by atoms with van der Waals surface area (Å²) in [6, 6.07) is 9.84. The molecule has 2 amide bonds. The average Bonchev–Trinajstić information content (AvgIpc) is 3.91. The fourth-order valence-electron chi connectivity index (χ4n) is 5.95. The number of esters is 1. The quantitative estimate of drug-likeness (QED) is 0.111. The van der Waals surface area contributed by atoms with Crippen molar-refractivity contribution in [1.82, 2.24) is 20.1 Å². The van der Waals surface area contributed by atoms with E-state index in [2.05, 4.69) is 16.3 Å². The number of aryl methyl sites for hydroxylation is 1. The average molecular weight is 776 g/mol. The topological polar surface area (TPSA) is 120 Å². The van der Waals surface area contributed by atoms with Gasteiger partial charge in [-0.05, 0) is 94.8 Å². The minimum atomic E-state index is -0.771. The van der Waals surface area contributed by atoms with Crippen molar-refractivity contribution < 1.29 is 33.3 Å². The highest BCUT2D eigenvalue weighted by Crippen LogP contribution is 2.40. The highest BCUT2D eigenvalue weighted by Gasteiger charge is 2.33. The summed E-state index contributed by atoms with van der Waals surface area (Å²) < 4.78 is 23.1. The number of halogens is 3. The van der Waals surface area contributed by atoms with Gasteiger partial charge in [-0.15, -0.1) is 0 Å². The minimum Gasteiger partial charge on any atom is -0.482 e. The number of piperazine rings is 1.